The van der Waals surface area contributed by atoms with Crippen molar-refractivity contribution in [1.29, 1.82) is 0 Å². The van der Waals surface area contributed by atoms with Gasteiger partial charge in [-0.3, -0.25) is 0 Å². The lowest BCUT2D eigenvalue weighted by molar-refractivity contribution is 0.205. The molecule has 0 aliphatic carbocycles. The second-order valence-electron chi connectivity index (χ2n) is 5.23. The lowest BCUT2D eigenvalue weighted by Crippen LogP contribution is -2.46. The topological polar surface area (TPSA) is 12.0 Å². The predicted octanol–water partition coefficient (Wildman–Crippen LogP) is 3.59. The van der Waals surface area contributed by atoms with Gasteiger partial charge in [0.05, 0.1) is 0 Å². The minimum absolute atomic E-state index is 0.469. The second-order valence-corrected chi connectivity index (χ2v) is 5.23. The third-order valence-corrected chi connectivity index (χ3v) is 4.19. The first-order valence-electron chi connectivity index (χ1n) is 6.39. The van der Waals surface area contributed by atoms with E-state index in [2.05, 4.69) is 33.0 Å². The van der Waals surface area contributed by atoms with Crippen LogP contribution in [0, 0.1) is 11.8 Å². The van der Waals surface area contributed by atoms with E-state index >= 15 is 0 Å². The summed E-state index contributed by atoms with van der Waals surface area (Å²) in [5.41, 5.74) is 0.469. The van der Waals surface area contributed by atoms with Crippen LogP contribution in [-0.2, 0) is 0 Å². The van der Waals surface area contributed by atoms with Gasteiger partial charge >= 0.3 is 0 Å². The molecule has 0 aromatic heterocycles. The van der Waals surface area contributed by atoms with Crippen LogP contribution < -0.4 is 5.32 Å². The maximum atomic E-state index is 3.77. The molecule has 1 heterocycles. The van der Waals surface area contributed by atoms with Gasteiger partial charge in [-0.05, 0) is 37.6 Å². The van der Waals surface area contributed by atoms with Crippen molar-refractivity contribution in [3.05, 3.63) is 0 Å². The Balaban J connectivity index is 2.59. The SMILES string of the molecule is CCC(CC)CC1(C(C)C)CCCN1. The highest BCUT2D eigenvalue weighted by Gasteiger charge is 2.37. The van der Waals surface area contributed by atoms with Gasteiger partial charge in [-0.2, -0.15) is 0 Å². The minimum Gasteiger partial charge on any atom is -0.311 e. The van der Waals surface area contributed by atoms with E-state index in [4.69, 9.17) is 0 Å². The van der Waals surface area contributed by atoms with Crippen molar-refractivity contribution in [1.82, 2.24) is 5.32 Å². The van der Waals surface area contributed by atoms with Crippen LogP contribution >= 0.6 is 0 Å². The fraction of sp³-hybridized carbons (Fsp3) is 1.00. The van der Waals surface area contributed by atoms with Crippen LogP contribution in [0.2, 0.25) is 0 Å². The largest absolute Gasteiger partial charge is 0.311 e. The monoisotopic (exact) mass is 197 g/mol. The van der Waals surface area contributed by atoms with Crippen LogP contribution in [-0.4, -0.2) is 12.1 Å². The molecule has 0 amide bonds. The molecule has 1 nitrogen and oxygen atoms in total. The molecule has 1 fully saturated rings. The van der Waals surface area contributed by atoms with Gasteiger partial charge in [-0.15, -0.1) is 0 Å². The molecule has 1 heteroatoms. The van der Waals surface area contributed by atoms with Crippen molar-refractivity contribution < 1.29 is 0 Å². The molecule has 1 unspecified atom stereocenters. The van der Waals surface area contributed by atoms with Crippen LogP contribution in [0.5, 0.6) is 0 Å². The zero-order valence-electron chi connectivity index (χ0n) is 10.4. The van der Waals surface area contributed by atoms with E-state index in [9.17, 15) is 0 Å². The van der Waals surface area contributed by atoms with Gasteiger partial charge in [0.25, 0.3) is 0 Å². The van der Waals surface area contributed by atoms with E-state index in [-0.39, 0.29) is 0 Å². The van der Waals surface area contributed by atoms with Gasteiger partial charge in [-0.25, -0.2) is 0 Å². The lowest BCUT2D eigenvalue weighted by Gasteiger charge is -2.37. The van der Waals surface area contributed by atoms with Gasteiger partial charge in [0, 0.05) is 5.54 Å². The zero-order valence-corrected chi connectivity index (χ0v) is 10.4. The van der Waals surface area contributed by atoms with E-state index in [0.29, 0.717) is 5.54 Å². The fourth-order valence-corrected chi connectivity index (χ4v) is 2.82. The summed E-state index contributed by atoms with van der Waals surface area (Å²) in [5, 5.41) is 3.77. The molecule has 1 aliphatic rings. The first-order valence-corrected chi connectivity index (χ1v) is 6.39. The molecule has 1 saturated heterocycles. The normalized spacial score (nSPS) is 27.9. The van der Waals surface area contributed by atoms with E-state index < -0.39 is 0 Å². The molecule has 0 aromatic rings. The van der Waals surface area contributed by atoms with Gasteiger partial charge in [0.15, 0.2) is 0 Å². The number of nitrogens with one attached hydrogen (secondary N) is 1. The highest BCUT2D eigenvalue weighted by atomic mass is 15.0. The van der Waals surface area contributed by atoms with Gasteiger partial charge in [-0.1, -0.05) is 40.5 Å². The van der Waals surface area contributed by atoms with E-state index in [0.717, 1.165) is 11.8 Å². The first-order chi connectivity index (χ1) is 6.64. The fourth-order valence-electron chi connectivity index (χ4n) is 2.82. The maximum absolute atomic E-state index is 3.77. The van der Waals surface area contributed by atoms with Crippen LogP contribution in [0.25, 0.3) is 0 Å². The summed E-state index contributed by atoms with van der Waals surface area (Å²) in [6.45, 7) is 10.6. The average Bonchev–Trinajstić information content (AvgIpc) is 2.64. The Morgan fingerprint density at radius 3 is 2.21 bits per heavy atom. The van der Waals surface area contributed by atoms with E-state index in [1.807, 2.05) is 0 Å². The van der Waals surface area contributed by atoms with Crippen molar-refractivity contribution >= 4 is 0 Å². The molecular weight excluding hydrogens is 170 g/mol. The molecule has 1 rings (SSSR count). The van der Waals surface area contributed by atoms with Crippen LogP contribution in [0.15, 0.2) is 0 Å². The third-order valence-electron chi connectivity index (χ3n) is 4.19. The molecule has 84 valence electrons. The van der Waals surface area contributed by atoms with E-state index in [1.165, 1.54) is 38.6 Å². The number of rotatable bonds is 5. The smallest absolute Gasteiger partial charge is 0.0207 e. The second kappa shape index (κ2) is 5.16. The Hall–Kier alpha value is -0.0400. The van der Waals surface area contributed by atoms with Crippen LogP contribution in [0.4, 0.5) is 0 Å². The molecule has 0 bridgehead atoms. The highest BCUT2D eigenvalue weighted by Crippen LogP contribution is 2.35. The minimum atomic E-state index is 0.469. The van der Waals surface area contributed by atoms with Crippen molar-refractivity contribution in [2.45, 2.75) is 65.3 Å². The molecular formula is C13H27N. The van der Waals surface area contributed by atoms with E-state index in [1.54, 1.807) is 0 Å². The zero-order chi connectivity index (χ0) is 10.6. The Kier molecular flexibility index (Phi) is 4.43. The number of hydrogen-bond donors (Lipinski definition) is 1. The van der Waals surface area contributed by atoms with Crippen molar-refractivity contribution in [3.63, 3.8) is 0 Å². The summed E-state index contributed by atoms with van der Waals surface area (Å²) in [4.78, 5) is 0. The van der Waals surface area contributed by atoms with Crippen molar-refractivity contribution in [2.24, 2.45) is 11.8 Å². The van der Waals surface area contributed by atoms with Gasteiger partial charge in [0.1, 0.15) is 0 Å². The molecule has 0 saturated carbocycles. The number of hydrogen-bond acceptors (Lipinski definition) is 1. The lowest BCUT2D eigenvalue weighted by atomic mass is 9.76. The summed E-state index contributed by atoms with van der Waals surface area (Å²) < 4.78 is 0. The molecule has 14 heavy (non-hydrogen) atoms. The summed E-state index contributed by atoms with van der Waals surface area (Å²) in [5.74, 6) is 1.70. The quantitative estimate of drug-likeness (QED) is 0.710. The Morgan fingerprint density at radius 2 is 1.86 bits per heavy atom. The summed E-state index contributed by atoms with van der Waals surface area (Å²) in [6.07, 6.45) is 6.83. The third kappa shape index (κ3) is 2.50. The molecule has 0 spiro atoms. The summed E-state index contributed by atoms with van der Waals surface area (Å²) >= 11 is 0. The van der Waals surface area contributed by atoms with Crippen LogP contribution in [0.3, 0.4) is 0 Å². The van der Waals surface area contributed by atoms with Gasteiger partial charge < -0.3 is 5.32 Å². The Morgan fingerprint density at radius 1 is 1.21 bits per heavy atom. The Bertz CT molecular complexity index is 153. The predicted molar refractivity (Wildman–Crippen MR) is 63.5 cm³/mol. The van der Waals surface area contributed by atoms with Crippen LogP contribution in [0.1, 0.15) is 59.8 Å². The summed E-state index contributed by atoms with van der Waals surface area (Å²) in [6, 6.07) is 0. The highest BCUT2D eigenvalue weighted by molar-refractivity contribution is 4.96. The van der Waals surface area contributed by atoms with Gasteiger partial charge in [0.2, 0.25) is 0 Å². The standard InChI is InChI=1S/C13H27N/c1-5-12(6-2)10-13(11(3)4)8-7-9-14-13/h11-12,14H,5-10H2,1-4H3. The average molecular weight is 197 g/mol. The summed E-state index contributed by atoms with van der Waals surface area (Å²) in [7, 11) is 0. The maximum Gasteiger partial charge on any atom is 0.0207 e. The Labute approximate surface area is 89.7 Å². The van der Waals surface area contributed by atoms with Crippen molar-refractivity contribution in [2.75, 3.05) is 6.54 Å². The molecule has 0 radical (unpaired) electrons. The molecule has 0 aromatic carbocycles. The first kappa shape index (κ1) is 12.0. The molecule has 1 aliphatic heterocycles. The molecule has 1 N–H and O–H groups in total. The van der Waals surface area contributed by atoms with Crippen molar-refractivity contribution in [3.8, 4) is 0 Å². The molecule has 1 atom stereocenters.